The number of rotatable bonds is 6. The van der Waals surface area contributed by atoms with Crippen LogP contribution >= 0.6 is 0 Å². The predicted octanol–water partition coefficient (Wildman–Crippen LogP) is 5.62. The van der Waals surface area contributed by atoms with Crippen molar-refractivity contribution in [2.75, 3.05) is 31.1 Å². The molecule has 5 aromatic rings. The third-order valence-corrected chi connectivity index (χ3v) is 7.27. The highest BCUT2D eigenvalue weighted by molar-refractivity contribution is 5.91. The number of anilines is 1. The Morgan fingerprint density at radius 2 is 1.33 bits per heavy atom. The van der Waals surface area contributed by atoms with E-state index in [4.69, 9.17) is 15.1 Å². The molecule has 198 valence electrons. The highest BCUT2D eigenvalue weighted by Gasteiger charge is 2.25. The van der Waals surface area contributed by atoms with Gasteiger partial charge in [-0.1, -0.05) is 42.0 Å². The Kier molecular flexibility index (Phi) is 6.79. The van der Waals surface area contributed by atoms with Crippen molar-refractivity contribution in [3.63, 3.8) is 0 Å². The van der Waals surface area contributed by atoms with Crippen LogP contribution in [0.2, 0.25) is 0 Å². The predicted molar refractivity (Wildman–Crippen MR) is 149 cm³/mol. The van der Waals surface area contributed by atoms with E-state index in [1.807, 2.05) is 19.1 Å². The fourth-order valence-electron chi connectivity index (χ4n) is 5.13. The lowest BCUT2D eigenvalue weighted by molar-refractivity contribution is 0.249. The third kappa shape index (κ3) is 5.38. The number of aromatic nitrogens is 4. The van der Waals surface area contributed by atoms with Crippen LogP contribution in [0.4, 0.5) is 14.6 Å². The third-order valence-electron chi connectivity index (χ3n) is 7.27. The fraction of sp³-hybridized carbons (Fsp3) is 0.258. The van der Waals surface area contributed by atoms with Gasteiger partial charge >= 0.3 is 0 Å². The molecule has 0 spiro atoms. The first kappa shape index (κ1) is 25.1. The van der Waals surface area contributed by atoms with Crippen molar-refractivity contribution in [2.45, 2.75) is 26.8 Å². The minimum Gasteiger partial charge on any atom is -0.353 e. The molecule has 2 aromatic heterocycles. The number of piperazine rings is 1. The molecule has 39 heavy (non-hydrogen) atoms. The molecule has 3 heterocycles. The van der Waals surface area contributed by atoms with E-state index in [0.717, 1.165) is 77.9 Å². The Morgan fingerprint density at radius 1 is 0.718 bits per heavy atom. The number of hydrogen-bond donors (Lipinski definition) is 0. The lowest BCUT2D eigenvalue weighted by atomic mass is 10.1. The Balaban J connectivity index is 1.34. The van der Waals surface area contributed by atoms with Crippen LogP contribution in [0, 0.1) is 25.5 Å². The summed E-state index contributed by atoms with van der Waals surface area (Å²) < 4.78 is 28.8. The molecule has 0 bridgehead atoms. The molecule has 8 heteroatoms. The van der Waals surface area contributed by atoms with E-state index < -0.39 is 0 Å². The van der Waals surface area contributed by atoms with E-state index >= 15 is 0 Å². The number of nitrogens with zero attached hydrogens (tertiary/aromatic N) is 6. The first-order valence-electron chi connectivity index (χ1n) is 13.2. The first-order chi connectivity index (χ1) is 18.9. The molecular formula is C31H30F2N6. The number of halogens is 2. The maximum Gasteiger partial charge on any atom is 0.169 e. The molecular weight excluding hydrogens is 494 g/mol. The zero-order chi connectivity index (χ0) is 26.9. The Morgan fingerprint density at radius 3 is 2.00 bits per heavy atom. The van der Waals surface area contributed by atoms with Crippen LogP contribution in [0.3, 0.4) is 0 Å². The molecule has 0 saturated carbocycles. The second-order valence-corrected chi connectivity index (χ2v) is 10.2. The van der Waals surface area contributed by atoms with E-state index in [0.29, 0.717) is 6.42 Å². The summed E-state index contributed by atoms with van der Waals surface area (Å²) >= 11 is 0. The summed E-state index contributed by atoms with van der Waals surface area (Å²) in [5.41, 5.74) is 5.76. The summed E-state index contributed by atoms with van der Waals surface area (Å²) in [5, 5.41) is 5.72. The summed E-state index contributed by atoms with van der Waals surface area (Å²) in [6, 6.07) is 21.5. The molecule has 0 N–H and O–H groups in total. The number of hydrogen-bond acceptors (Lipinski definition) is 5. The van der Waals surface area contributed by atoms with Crippen molar-refractivity contribution in [2.24, 2.45) is 0 Å². The molecule has 0 atom stereocenters. The van der Waals surface area contributed by atoms with Crippen molar-refractivity contribution >= 4 is 16.9 Å². The molecule has 6 rings (SSSR count). The maximum absolute atomic E-state index is 13.7. The van der Waals surface area contributed by atoms with Gasteiger partial charge in [-0.25, -0.2) is 23.4 Å². The zero-order valence-electron chi connectivity index (χ0n) is 22.1. The van der Waals surface area contributed by atoms with E-state index in [1.54, 1.807) is 16.8 Å². The van der Waals surface area contributed by atoms with Crippen molar-refractivity contribution < 1.29 is 8.78 Å². The van der Waals surface area contributed by atoms with Crippen LogP contribution in [0.15, 0.2) is 72.8 Å². The molecule has 6 nitrogen and oxygen atoms in total. The van der Waals surface area contributed by atoms with Gasteiger partial charge in [-0.05, 0) is 61.4 Å². The van der Waals surface area contributed by atoms with Gasteiger partial charge in [0.05, 0.1) is 16.8 Å². The van der Waals surface area contributed by atoms with Gasteiger partial charge in [-0.3, -0.25) is 4.90 Å². The first-order valence-corrected chi connectivity index (χ1v) is 13.2. The zero-order valence-corrected chi connectivity index (χ0v) is 22.1. The van der Waals surface area contributed by atoms with Gasteiger partial charge in [-0.15, -0.1) is 0 Å². The molecule has 1 aliphatic rings. The molecule has 0 radical (unpaired) electrons. The van der Waals surface area contributed by atoms with Crippen molar-refractivity contribution in [3.05, 3.63) is 113 Å². The van der Waals surface area contributed by atoms with Gasteiger partial charge in [0.1, 0.15) is 23.3 Å². The minimum atomic E-state index is -0.291. The average Bonchev–Trinajstić information content (AvgIpc) is 3.28. The van der Waals surface area contributed by atoms with Gasteiger partial charge in [-0.2, -0.15) is 5.10 Å². The average molecular weight is 525 g/mol. The lowest BCUT2D eigenvalue weighted by Crippen LogP contribution is -2.46. The van der Waals surface area contributed by atoms with Crippen LogP contribution in [0.5, 0.6) is 0 Å². The highest BCUT2D eigenvalue weighted by atomic mass is 19.1. The second-order valence-electron chi connectivity index (χ2n) is 10.2. The summed E-state index contributed by atoms with van der Waals surface area (Å²) in [5.74, 6) is 1.10. The van der Waals surface area contributed by atoms with Crippen LogP contribution in [0.25, 0.3) is 16.7 Å². The van der Waals surface area contributed by atoms with Crippen LogP contribution in [0.1, 0.15) is 28.2 Å². The lowest BCUT2D eigenvalue weighted by Gasteiger charge is -2.35. The van der Waals surface area contributed by atoms with E-state index in [2.05, 4.69) is 41.0 Å². The van der Waals surface area contributed by atoms with Gasteiger partial charge < -0.3 is 4.90 Å². The second kappa shape index (κ2) is 10.5. The van der Waals surface area contributed by atoms with Gasteiger partial charge in [0.2, 0.25) is 0 Å². The number of aryl methyl sites for hydroxylation is 2. The number of benzene rings is 3. The Labute approximate surface area is 226 Å². The van der Waals surface area contributed by atoms with Crippen LogP contribution < -0.4 is 4.90 Å². The van der Waals surface area contributed by atoms with Crippen LogP contribution in [-0.4, -0.2) is 50.8 Å². The molecule has 1 saturated heterocycles. The van der Waals surface area contributed by atoms with E-state index in [9.17, 15) is 8.78 Å². The summed E-state index contributed by atoms with van der Waals surface area (Å²) in [4.78, 5) is 14.8. The number of fused-ring (bicyclic) bond motifs is 1. The summed E-state index contributed by atoms with van der Waals surface area (Å²) in [6.45, 7) is 8.16. The van der Waals surface area contributed by atoms with E-state index in [-0.39, 0.29) is 11.6 Å². The monoisotopic (exact) mass is 524 g/mol. The molecule has 0 aliphatic carbocycles. The highest BCUT2D eigenvalue weighted by Crippen LogP contribution is 2.30. The molecule has 3 aromatic carbocycles. The molecule has 1 aliphatic heterocycles. The van der Waals surface area contributed by atoms with Gasteiger partial charge in [0.25, 0.3) is 0 Å². The standard InChI is InChI=1S/C31H30F2N6/c1-21-3-5-23(6-4-21)19-28-34-30(38-17-15-37(16-18-38)20-24-7-9-25(32)10-8-24)29-22(2)36-39(31(29)35-28)27-13-11-26(33)12-14-27/h3-14H,15-20H2,1-2H3. The van der Waals surface area contributed by atoms with Crippen molar-refractivity contribution in [1.29, 1.82) is 0 Å². The molecule has 0 unspecified atom stereocenters. The smallest absolute Gasteiger partial charge is 0.169 e. The molecule has 0 amide bonds. The van der Waals surface area contributed by atoms with Gasteiger partial charge in [0, 0.05) is 39.1 Å². The molecule has 1 fully saturated rings. The van der Waals surface area contributed by atoms with Crippen molar-refractivity contribution in [3.8, 4) is 5.69 Å². The van der Waals surface area contributed by atoms with Crippen molar-refractivity contribution in [1.82, 2.24) is 24.6 Å². The van der Waals surface area contributed by atoms with E-state index in [1.165, 1.54) is 29.8 Å². The van der Waals surface area contributed by atoms with Crippen LogP contribution in [-0.2, 0) is 13.0 Å². The topological polar surface area (TPSA) is 50.1 Å². The quantitative estimate of drug-likeness (QED) is 0.289. The van der Waals surface area contributed by atoms with Gasteiger partial charge in [0.15, 0.2) is 5.65 Å². The summed E-state index contributed by atoms with van der Waals surface area (Å²) in [7, 11) is 0. The fourth-order valence-corrected chi connectivity index (χ4v) is 5.13. The minimum absolute atomic E-state index is 0.214. The SMILES string of the molecule is Cc1ccc(Cc2nc(N3CCN(Cc4ccc(F)cc4)CC3)c3c(C)nn(-c4ccc(F)cc4)c3n2)cc1. The Bertz CT molecular complexity index is 1590. The summed E-state index contributed by atoms with van der Waals surface area (Å²) in [6.07, 6.45) is 0.599. The largest absolute Gasteiger partial charge is 0.353 e. The maximum atomic E-state index is 13.7. The Hall–Kier alpha value is -4.17. The normalized spacial score (nSPS) is 14.3.